The summed E-state index contributed by atoms with van der Waals surface area (Å²) in [6.45, 7) is 2.98. The molecule has 0 bridgehead atoms. The van der Waals surface area contributed by atoms with Crippen LogP contribution in [0.5, 0.6) is 5.75 Å². The summed E-state index contributed by atoms with van der Waals surface area (Å²) in [4.78, 5) is 14.8. The van der Waals surface area contributed by atoms with E-state index in [2.05, 4.69) is 21.6 Å². The van der Waals surface area contributed by atoms with Crippen LogP contribution < -0.4 is 10.1 Å². The Morgan fingerprint density at radius 2 is 2.22 bits per heavy atom. The van der Waals surface area contributed by atoms with E-state index >= 15 is 0 Å². The molecule has 120 valence electrons. The van der Waals surface area contributed by atoms with Gasteiger partial charge in [0.15, 0.2) is 5.69 Å². The van der Waals surface area contributed by atoms with Crippen LogP contribution in [0.2, 0.25) is 0 Å². The molecule has 3 heterocycles. The van der Waals surface area contributed by atoms with Crippen LogP contribution in [0.25, 0.3) is 0 Å². The van der Waals surface area contributed by atoms with Gasteiger partial charge in [0.2, 0.25) is 0 Å². The van der Waals surface area contributed by atoms with Crippen LogP contribution in [0.15, 0.2) is 18.2 Å². The Hall–Kier alpha value is -2.34. The fourth-order valence-corrected chi connectivity index (χ4v) is 3.39. The number of rotatable bonds is 2. The Bertz CT molecular complexity index is 753. The molecular formula is C17H20N4O2. The third-order valence-corrected chi connectivity index (χ3v) is 4.72. The lowest BCUT2D eigenvalue weighted by molar-refractivity contribution is 0.0727. The van der Waals surface area contributed by atoms with E-state index in [0.717, 1.165) is 48.5 Å². The Balaban J connectivity index is 1.59. The molecule has 0 unspecified atom stereocenters. The first kappa shape index (κ1) is 14.3. The largest absolute Gasteiger partial charge is 0.497 e. The second-order valence-electron chi connectivity index (χ2n) is 6.07. The smallest absolute Gasteiger partial charge is 0.275 e. The van der Waals surface area contributed by atoms with Crippen molar-refractivity contribution in [3.05, 3.63) is 46.3 Å². The minimum atomic E-state index is 0.0136. The van der Waals surface area contributed by atoms with Crippen molar-refractivity contribution in [2.24, 2.45) is 0 Å². The van der Waals surface area contributed by atoms with Crippen molar-refractivity contribution in [2.45, 2.75) is 25.9 Å². The summed E-state index contributed by atoms with van der Waals surface area (Å²) in [5.74, 6) is 0.846. The number of benzene rings is 1. The molecule has 0 saturated heterocycles. The van der Waals surface area contributed by atoms with Crippen molar-refractivity contribution in [1.29, 1.82) is 0 Å². The number of methoxy groups -OCH3 is 1. The monoisotopic (exact) mass is 312 g/mol. The molecule has 4 rings (SSSR count). The van der Waals surface area contributed by atoms with Crippen molar-refractivity contribution in [2.75, 3.05) is 20.2 Å². The number of H-pyrrole nitrogens is 1. The molecule has 2 aliphatic rings. The van der Waals surface area contributed by atoms with Gasteiger partial charge < -0.3 is 15.0 Å². The van der Waals surface area contributed by atoms with Crippen molar-refractivity contribution >= 4 is 5.91 Å². The molecule has 1 aromatic heterocycles. The summed E-state index contributed by atoms with van der Waals surface area (Å²) >= 11 is 0. The third kappa shape index (κ3) is 2.49. The first-order valence-corrected chi connectivity index (χ1v) is 7.98. The number of ether oxygens (including phenoxy) is 1. The Kier molecular flexibility index (Phi) is 3.53. The average Bonchev–Trinajstić information content (AvgIpc) is 3.04. The van der Waals surface area contributed by atoms with Crippen molar-refractivity contribution in [3.63, 3.8) is 0 Å². The fourth-order valence-electron chi connectivity index (χ4n) is 3.39. The number of aromatic nitrogens is 2. The summed E-state index contributed by atoms with van der Waals surface area (Å²) < 4.78 is 5.29. The minimum absolute atomic E-state index is 0.0136. The highest BCUT2D eigenvalue weighted by Gasteiger charge is 2.28. The maximum atomic E-state index is 12.9. The maximum Gasteiger partial charge on any atom is 0.275 e. The van der Waals surface area contributed by atoms with Gasteiger partial charge in [0, 0.05) is 43.9 Å². The zero-order valence-electron chi connectivity index (χ0n) is 13.2. The van der Waals surface area contributed by atoms with Gasteiger partial charge in [-0.15, -0.1) is 0 Å². The predicted molar refractivity (Wildman–Crippen MR) is 85.4 cm³/mol. The van der Waals surface area contributed by atoms with E-state index in [-0.39, 0.29) is 5.91 Å². The van der Waals surface area contributed by atoms with Crippen LogP contribution in [0.4, 0.5) is 0 Å². The van der Waals surface area contributed by atoms with Crippen LogP contribution in [-0.4, -0.2) is 41.2 Å². The lowest BCUT2D eigenvalue weighted by atomic mass is 9.98. The predicted octanol–water partition coefficient (Wildman–Crippen LogP) is 1.26. The zero-order chi connectivity index (χ0) is 15.8. The molecule has 2 aliphatic heterocycles. The minimum Gasteiger partial charge on any atom is -0.497 e. The second kappa shape index (κ2) is 5.70. The van der Waals surface area contributed by atoms with Gasteiger partial charge in [-0.25, -0.2) is 0 Å². The number of hydrogen-bond donors (Lipinski definition) is 2. The second-order valence-corrected chi connectivity index (χ2v) is 6.07. The lowest BCUT2D eigenvalue weighted by Gasteiger charge is -2.29. The molecule has 0 saturated carbocycles. The van der Waals surface area contributed by atoms with Crippen LogP contribution in [-0.2, 0) is 25.9 Å². The molecule has 6 heteroatoms. The average molecular weight is 312 g/mol. The molecule has 0 fully saturated rings. The summed E-state index contributed by atoms with van der Waals surface area (Å²) in [6, 6.07) is 6.10. The Labute approximate surface area is 134 Å². The number of nitrogens with one attached hydrogen (secondary N) is 2. The molecule has 2 N–H and O–H groups in total. The molecule has 23 heavy (non-hydrogen) atoms. The highest BCUT2D eigenvalue weighted by Crippen LogP contribution is 2.25. The zero-order valence-corrected chi connectivity index (χ0v) is 13.2. The standard InChI is InChI=1S/C17H20N4O2/c1-23-13-3-2-11-5-7-21(10-12(11)8-13)17(22)16-14-9-18-6-4-15(14)19-20-16/h2-3,8,18H,4-7,9-10H2,1H3,(H,19,20). The van der Waals surface area contributed by atoms with Gasteiger partial charge >= 0.3 is 0 Å². The molecule has 6 nitrogen and oxygen atoms in total. The van der Waals surface area contributed by atoms with Gasteiger partial charge in [-0.1, -0.05) is 6.07 Å². The molecule has 1 amide bonds. The van der Waals surface area contributed by atoms with E-state index in [1.165, 1.54) is 5.56 Å². The quantitative estimate of drug-likeness (QED) is 0.876. The number of carbonyl (C=O) groups is 1. The molecule has 0 aliphatic carbocycles. The van der Waals surface area contributed by atoms with Crippen LogP contribution in [0.1, 0.15) is 32.9 Å². The molecule has 1 aromatic carbocycles. The number of carbonyl (C=O) groups excluding carboxylic acids is 1. The van der Waals surface area contributed by atoms with Gasteiger partial charge in [-0.2, -0.15) is 5.10 Å². The number of hydrogen-bond acceptors (Lipinski definition) is 4. The summed E-state index contributed by atoms with van der Waals surface area (Å²) in [6.07, 6.45) is 1.77. The number of amides is 1. The van der Waals surface area contributed by atoms with E-state index in [1.54, 1.807) is 7.11 Å². The highest BCUT2D eigenvalue weighted by atomic mass is 16.5. The van der Waals surface area contributed by atoms with E-state index in [0.29, 0.717) is 18.8 Å². The molecule has 0 spiro atoms. The van der Waals surface area contributed by atoms with Crippen LogP contribution in [0.3, 0.4) is 0 Å². The molecule has 0 atom stereocenters. The Morgan fingerprint density at radius 3 is 3.09 bits per heavy atom. The number of nitrogens with zero attached hydrogens (tertiary/aromatic N) is 2. The van der Waals surface area contributed by atoms with E-state index < -0.39 is 0 Å². The third-order valence-electron chi connectivity index (χ3n) is 4.72. The van der Waals surface area contributed by atoms with Gasteiger partial charge in [0.25, 0.3) is 5.91 Å². The van der Waals surface area contributed by atoms with E-state index in [4.69, 9.17) is 4.74 Å². The highest BCUT2D eigenvalue weighted by molar-refractivity contribution is 5.94. The summed E-state index contributed by atoms with van der Waals surface area (Å²) in [5.41, 5.74) is 5.13. The van der Waals surface area contributed by atoms with E-state index in [1.807, 2.05) is 17.0 Å². The van der Waals surface area contributed by atoms with Crippen molar-refractivity contribution in [1.82, 2.24) is 20.4 Å². The Morgan fingerprint density at radius 1 is 1.30 bits per heavy atom. The van der Waals surface area contributed by atoms with Crippen molar-refractivity contribution in [3.8, 4) is 5.75 Å². The van der Waals surface area contributed by atoms with Gasteiger partial charge in [-0.05, 0) is 29.7 Å². The number of aromatic amines is 1. The van der Waals surface area contributed by atoms with Crippen LogP contribution in [0, 0.1) is 0 Å². The lowest BCUT2D eigenvalue weighted by Crippen LogP contribution is -2.37. The molecule has 2 aromatic rings. The number of fused-ring (bicyclic) bond motifs is 2. The van der Waals surface area contributed by atoms with E-state index in [9.17, 15) is 4.79 Å². The normalized spacial score (nSPS) is 16.7. The summed E-state index contributed by atoms with van der Waals surface area (Å²) in [7, 11) is 1.66. The summed E-state index contributed by atoms with van der Waals surface area (Å²) in [5, 5.41) is 10.6. The van der Waals surface area contributed by atoms with Crippen molar-refractivity contribution < 1.29 is 9.53 Å². The first-order valence-electron chi connectivity index (χ1n) is 7.98. The maximum absolute atomic E-state index is 12.9. The molecular weight excluding hydrogens is 292 g/mol. The topological polar surface area (TPSA) is 70.2 Å². The SMILES string of the molecule is COc1ccc2c(c1)CN(C(=O)c1n[nH]c3c1CNCC3)CC2. The first-order chi connectivity index (χ1) is 11.3. The van der Waals surface area contributed by atoms with Gasteiger partial charge in [0.1, 0.15) is 5.75 Å². The van der Waals surface area contributed by atoms with Crippen LogP contribution >= 0.6 is 0 Å². The fraction of sp³-hybridized carbons (Fsp3) is 0.412. The van der Waals surface area contributed by atoms with Gasteiger partial charge in [0.05, 0.1) is 7.11 Å². The molecule has 0 radical (unpaired) electrons. The van der Waals surface area contributed by atoms with Gasteiger partial charge in [-0.3, -0.25) is 9.89 Å².